The number of rotatable bonds is 5. The van der Waals surface area contributed by atoms with Gasteiger partial charge in [0.1, 0.15) is 0 Å². The van der Waals surface area contributed by atoms with E-state index in [2.05, 4.69) is 5.32 Å². The molecule has 21 heavy (non-hydrogen) atoms. The van der Waals surface area contributed by atoms with E-state index in [4.69, 9.17) is 28.3 Å². The molecule has 0 saturated carbocycles. The van der Waals surface area contributed by atoms with Crippen molar-refractivity contribution in [1.82, 2.24) is 5.32 Å². The van der Waals surface area contributed by atoms with Crippen LogP contribution >= 0.6 is 23.2 Å². The van der Waals surface area contributed by atoms with Gasteiger partial charge in [0.25, 0.3) is 0 Å². The Morgan fingerprint density at radius 2 is 1.95 bits per heavy atom. The Balaban J connectivity index is 1.89. The van der Waals surface area contributed by atoms with Gasteiger partial charge in [-0.15, -0.1) is 0 Å². The quantitative estimate of drug-likeness (QED) is 0.727. The molecule has 114 valence electrons. The zero-order valence-electron chi connectivity index (χ0n) is 11.3. The highest BCUT2D eigenvalue weighted by atomic mass is 35.5. The van der Waals surface area contributed by atoms with Crippen molar-refractivity contribution in [3.05, 3.63) is 46.0 Å². The lowest BCUT2D eigenvalue weighted by atomic mass is 10.1. The fourth-order valence-corrected chi connectivity index (χ4v) is 2.89. The minimum atomic E-state index is -0.958. The highest BCUT2D eigenvalue weighted by Crippen LogP contribution is 2.25. The van der Waals surface area contributed by atoms with E-state index < -0.39 is 6.10 Å². The van der Waals surface area contributed by atoms with Crippen LogP contribution in [0, 0.1) is 5.92 Å². The maximum absolute atomic E-state index is 11.9. The lowest BCUT2D eigenvalue weighted by Crippen LogP contribution is -2.33. The SMILES string of the molecule is O=C(C[C@H](O)c1cc(Cl)cc(Cl)c1)N[C@@H]1C=C[C@H](CO)C1. The molecule has 0 fully saturated rings. The van der Waals surface area contributed by atoms with Crippen LogP contribution in [0.5, 0.6) is 0 Å². The predicted molar refractivity (Wildman–Crippen MR) is 82.3 cm³/mol. The third-order valence-electron chi connectivity index (χ3n) is 3.40. The Labute approximate surface area is 133 Å². The minimum Gasteiger partial charge on any atom is -0.396 e. The van der Waals surface area contributed by atoms with Crippen LogP contribution in [0.25, 0.3) is 0 Å². The molecule has 1 aliphatic rings. The molecule has 6 heteroatoms. The second-order valence-corrected chi connectivity index (χ2v) is 6.03. The summed E-state index contributed by atoms with van der Waals surface area (Å²) >= 11 is 11.7. The summed E-state index contributed by atoms with van der Waals surface area (Å²) in [5, 5.41) is 22.8. The fraction of sp³-hybridized carbons (Fsp3) is 0.400. The third-order valence-corrected chi connectivity index (χ3v) is 3.84. The standard InChI is InChI=1S/C15H17Cl2NO3/c16-11-4-10(5-12(17)6-11)14(20)7-15(21)18-13-2-1-9(3-13)8-19/h1-2,4-6,9,13-14,19-20H,3,7-8H2,(H,18,21)/t9-,13+,14-/m0/s1. The summed E-state index contributed by atoms with van der Waals surface area (Å²) in [6.07, 6.45) is 3.41. The lowest BCUT2D eigenvalue weighted by Gasteiger charge is -2.15. The number of aliphatic hydroxyl groups is 2. The maximum Gasteiger partial charge on any atom is 0.223 e. The molecule has 1 amide bonds. The molecule has 3 N–H and O–H groups in total. The van der Waals surface area contributed by atoms with Gasteiger partial charge in [0.05, 0.1) is 12.5 Å². The fourth-order valence-electron chi connectivity index (χ4n) is 2.34. The monoisotopic (exact) mass is 329 g/mol. The molecule has 0 radical (unpaired) electrons. The average Bonchev–Trinajstić information content (AvgIpc) is 2.85. The Hall–Kier alpha value is -1.07. The van der Waals surface area contributed by atoms with E-state index in [-0.39, 0.29) is 30.9 Å². The van der Waals surface area contributed by atoms with Gasteiger partial charge in [0.2, 0.25) is 5.91 Å². The van der Waals surface area contributed by atoms with Gasteiger partial charge < -0.3 is 15.5 Å². The second-order valence-electron chi connectivity index (χ2n) is 5.16. The molecule has 0 aliphatic heterocycles. The molecule has 4 nitrogen and oxygen atoms in total. The van der Waals surface area contributed by atoms with Gasteiger partial charge in [-0.05, 0) is 30.2 Å². The Bertz CT molecular complexity index is 527. The summed E-state index contributed by atoms with van der Waals surface area (Å²) in [4.78, 5) is 11.9. The molecule has 3 atom stereocenters. The molecule has 2 rings (SSSR count). The normalized spacial score (nSPS) is 22.3. The van der Waals surface area contributed by atoms with Crippen molar-refractivity contribution in [2.24, 2.45) is 5.92 Å². The van der Waals surface area contributed by atoms with Crippen LogP contribution in [0.15, 0.2) is 30.4 Å². The molecule has 0 aromatic heterocycles. The number of carbonyl (C=O) groups excluding carboxylic acids is 1. The smallest absolute Gasteiger partial charge is 0.223 e. The summed E-state index contributed by atoms with van der Waals surface area (Å²) in [6, 6.07) is 4.65. The Kier molecular flexibility index (Phi) is 5.65. The zero-order valence-corrected chi connectivity index (χ0v) is 12.8. The number of nitrogens with one attached hydrogen (secondary N) is 1. The number of aliphatic hydroxyl groups excluding tert-OH is 2. The number of amides is 1. The Morgan fingerprint density at radius 3 is 2.52 bits per heavy atom. The molecular weight excluding hydrogens is 313 g/mol. The van der Waals surface area contributed by atoms with E-state index in [1.54, 1.807) is 18.2 Å². The van der Waals surface area contributed by atoms with Gasteiger partial charge >= 0.3 is 0 Å². The van der Waals surface area contributed by atoms with Crippen LogP contribution in [0.2, 0.25) is 10.0 Å². The largest absolute Gasteiger partial charge is 0.396 e. The highest BCUT2D eigenvalue weighted by molar-refractivity contribution is 6.34. The first-order valence-corrected chi connectivity index (χ1v) is 7.46. The molecule has 1 aliphatic carbocycles. The Morgan fingerprint density at radius 1 is 1.29 bits per heavy atom. The average molecular weight is 330 g/mol. The molecule has 0 heterocycles. The summed E-state index contributed by atoms with van der Waals surface area (Å²) in [5.74, 6) is -0.168. The van der Waals surface area contributed by atoms with Gasteiger partial charge in [-0.3, -0.25) is 4.79 Å². The maximum atomic E-state index is 11.9. The number of benzene rings is 1. The first-order valence-electron chi connectivity index (χ1n) is 6.70. The molecule has 1 aromatic rings. The van der Waals surface area contributed by atoms with Crippen LogP contribution in [-0.2, 0) is 4.79 Å². The zero-order chi connectivity index (χ0) is 15.4. The van der Waals surface area contributed by atoms with E-state index in [9.17, 15) is 9.90 Å². The van der Waals surface area contributed by atoms with E-state index >= 15 is 0 Å². The van der Waals surface area contributed by atoms with Crippen LogP contribution in [0.3, 0.4) is 0 Å². The predicted octanol–water partition coefficient (Wildman–Crippen LogP) is 2.47. The topological polar surface area (TPSA) is 69.6 Å². The number of hydrogen-bond acceptors (Lipinski definition) is 3. The number of carbonyl (C=O) groups is 1. The van der Waals surface area contributed by atoms with Gasteiger partial charge in [-0.2, -0.15) is 0 Å². The first-order chi connectivity index (χ1) is 9.97. The summed E-state index contributed by atoms with van der Waals surface area (Å²) in [6.45, 7) is 0.0759. The summed E-state index contributed by atoms with van der Waals surface area (Å²) in [7, 11) is 0. The van der Waals surface area contributed by atoms with E-state index in [1.807, 2.05) is 12.2 Å². The molecule has 0 saturated heterocycles. The number of hydrogen-bond donors (Lipinski definition) is 3. The van der Waals surface area contributed by atoms with Crippen molar-refractivity contribution in [2.75, 3.05) is 6.61 Å². The molecule has 0 bridgehead atoms. The van der Waals surface area contributed by atoms with Gasteiger partial charge in [0, 0.05) is 28.6 Å². The van der Waals surface area contributed by atoms with Crippen LogP contribution in [-0.4, -0.2) is 28.8 Å². The highest BCUT2D eigenvalue weighted by Gasteiger charge is 2.21. The van der Waals surface area contributed by atoms with Crippen molar-refractivity contribution in [2.45, 2.75) is 25.0 Å². The van der Waals surface area contributed by atoms with Gasteiger partial charge in [-0.25, -0.2) is 0 Å². The van der Waals surface area contributed by atoms with Gasteiger partial charge in [0.15, 0.2) is 0 Å². The first kappa shape index (κ1) is 16.3. The van der Waals surface area contributed by atoms with Crippen molar-refractivity contribution in [3.8, 4) is 0 Å². The third kappa shape index (κ3) is 4.71. The van der Waals surface area contributed by atoms with E-state index in [1.165, 1.54) is 0 Å². The minimum absolute atomic E-state index is 0.0647. The van der Waals surface area contributed by atoms with Crippen LogP contribution in [0.4, 0.5) is 0 Å². The molecule has 0 spiro atoms. The lowest BCUT2D eigenvalue weighted by molar-refractivity contribution is -0.123. The summed E-state index contributed by atoms with van der Waals surface area (Å²) < 4.78 is 0. The summed E-state index contributed by atoms with van der Waals surface area (Å²) in [5.41, 5.74) is 0.512. The van der Waals surface area contributed by atoms with E-state index in [0.717, 1.165) is 0 Å². The number of halogens is 2. The van der Waals surface area contributed by atoms with Crippen molar-refractivity contribution >= 4 is 29.1 Å². The van der Waals surface area contributed by atoms with Crippen LogP contribution in [0.1, 0.15) is 24.5 Å². The van der Waals surface area contributed by atoms with Crippen LogP contribution < -0.4 is 5.32 Å². The molecule has 1 aromatic carbocycles. The van der Waals surface area contributed by atoms with E-state index in [0.29, 0.717) is 22.0 Å². The van der Waals surface area contributed by atoms with Crippen molar-refractivity contribution < 1.29 is 15.0 Å². The molecule has 0 unspecified atom stereocenters. The van der Waals surface area contributed by atoms with Crippen molar-refractivity contribution in [3.63, 3.8) is 0 Å². The van der Waals surface area contributed by atoms with Crippen molar-refractivity contribution in [1.29, 1.82) is 0 Å². The van der Waals surface area contributed by atoms with Gasteiger partial charge in [-0.1, -0.05) is 35.4 Å². The molecular formula is C15H17Cl2NO3. The second kappa shape index (κ2) is 7.27.